The van der Waals surface area contributed by atoms with E-state index in [-0.39, 0.29) is 22.9 Å². The molecular formula is C24H24ClN3O4S. The lowest BCUT2D eigenvalue weighted by Gasteiger charge is -2.18. The van der Waals surface area contributed by atoms with Gasteiger partial charge >= 0.3 is 0 Å². The molecule has 0 unspecified atom stereocenters. The Hall–Kier alpha value is -3.36. The minimum Gasteiger partial charge on any atom is -0.332 e. The van der Waals surface area contributed by atoms with Crippen molar-refractivity contribution in [2.24, 2.45) is 0 Å². The highest BCUT2D eigenvalue weighted by molar-refractivity contribution is 7.92. The van der Waals surface area contributed by atoms with Crippen LogP contribution < -0.4 is 10.0 Å². The first-order valence-electron chi connectivity index (χ1n) is 10.1. The number of anilines is 2. The molecule has 9 heteroatoms. The Kier molecular flexibility index (Phi) is 7.40. The smallest absolute Gasteiger partial charge is 0.261 e. The number of nitrogens with zero attached hydrogens (tertiary/aromatic N) is 1. The number of aryl methyl sites for hydroxylation is 2. The largest absolute Gasteiger partial charge is 0.332 e. The Morgan fingerprint density at radius 3 is 2.06 bits per heavy atom. The summed E-state index contributed by atoms with van der Waals surface area (Å²) in [4.78, 5) is 26.4. The van der Waals surface area contributed by atoms with E-state index in [1.807, 2.05) is 32.0 Å². The first-order chi connectivity index (χ1) is 15.6. The maximum atomic E-state index is 12.7. The zero-order chi connectivity index (χ0) is 24.2. The normalized spacial score (nSPS) is 11.0. The Morgan fingerprint density at radius 1 is 0.909 bits per heavy atom. The highest BCUT2D eigenvalue weighted by Crippen LogP contribution is 2.20. The summed E-state index contributed by atoms with van der Waals surface area (Å²) in [6.45, 7) is 3.65. The van der Waals surface area contributed by atoms with Crippen LogP contribution in [-0.4, -0.2) is 38.7 Å². The van der Waals surface area contributed by atoms with E-state index >= 15 is 0 Å². The molecule has 0 saturated carbocycles. The Labute approximate surface area is 198 Å². The molecule has 0 heterocycles. The van der Waals surface area contributed by atoms with Crippen molar-refractivity contribution in [3.63, 3.8) is 0 Å². The monoisotopic (exact) mass is 485 g/mol. The molecule has 0 fully saturated rings. The van der Waals surface area contributed by atoms with E-state index < -0.39 is 15.9 Å². The van der Waals surface area contributed by atoms with E-state index in [2.05, 4.69) is 10.0 Å². The minimum atomic E-state index is -3.83. The number of carbonyl (C=O) groups excluding carboxylic acids is 2. The van der Waals surface area contributed by atoms with Gasteiger partial charge in [-0.2, -0.15) is 0 Å². The van der Waals surface area contributed by atoms with Gasteiger partial charge in [0.1, 0.15) is 0 Å². The van der Waals surface area contributed by atoms with Gasteiger partial charge in [-0.3, -0.25) is 14.3 Å². The molecule has 0 radical (unpaired) electrons. The van der Waals surface area contributed by atoms with Gasteiger partial charge in [0.25, 0.3) is 15.9 Å². The summed E-state index contributed by atoms with van der Waals surface area (Å²) in [5, 5.41) is 3.34. The van der Waals surface area contributed by atoms with E-state index in [9.17, 15) is 18.0 Å². The quantitative estimate of drug-likeness (QED) is 0.516. The summed E-state index contributed by atoms with van der Waals surface area (Å²) < 4.78 is 27.6. The second-order valence-electron chi connectivity index (χ2n) is 7.61. The number of nitrogens with one attached hydrogen (secondary N) is 2. The number of likely N-dealkylation sites (N-methyl/N-ethyl adjacent to an activating group) is 1. The zero-order valence-corrected chi connectivity index (χ0v) is 20.0. The lowest BCUT2D eigenvalue weighted by atomic mass is 10.1. The fourth-order valence-electron chi connectivity index (χ4n) is 3.21. The molecule has 33 heavy (non-hydrogen) atoms. The zero-order valence-electron chi connectivity index (χ0n) is 18.4. The number of rotatable bonds is 7. The number of amides is 2. The average molecular weight is 486 g/mol. The third-order valence-corrected chi connectivity index (χ3v) is 6.63. The SMILES string of the molecule is Cc1cccc(C)c1NC(=O)CN(C)C(=O)c1ccc(S(=O)(=O)Nc2ccc(Cl)cc2)cc1. The van der Waals surface area contributed by atoms with Crippen LogP contribution >= 0.6 is 11.6 Å². The van der Waals surface area contributed by atoms with E-state index in [1.165, 1.54) is 36.2 Å². The lowest BCUT2D eigenvalue weighted by molar-refractivity contribution is -0.116. The maximum absolute atomic E-state index is 12.7. The molecule has 172 valence electrons. The number of halogens is 1. The molecule has 3 rings (SSSR count). The topological polar surface area (TPSA) is 95.6 Å². The first kappa shape index (κ1) is 24.3. The van der Waals surface area contributed by atoms with Gasteiger partial charge < -0.3 is 10.2 Å². The standard InChI is InChI=1S/C24H24ClN3O4S/c1-16-5-4-6-17(2)23(16)26-22(29)15-28(3)24(30)18-7-13-21(14-8-18)33(31,32)27-20-11-9-19(25)10-12-20/h4-14,27H,15H2,1-3H3,(H,26,29). The first-order valence-corrected chi connectivity index (χ1v) is 11.9. The Balaban J connectivity index is 1.65. The van der Waals surface area contributed by atoms with Crippen LogP contribution in [0.4, 0.5) is 11.4 Å². The number of benzene rings is 3. The van der Waals surface area contributed by atoms with E-state index in [0.29, 0.717) is 10.7 Å². The van der Waals surface area contributed by atoms with Gasteiger partial charge in [-0.15, -0.1) is 0 Å². The van der Waals surface area contributed by atoms with Gasteiger partial charge in [0, 0.05) is 29.0 Å². The molecule has 7 nitrogen and oxygen atoms in total. The second kappa shape index (κ2) is 10.1. The summed E-state index contributed by atoms with van der Waals surface area (Å²) in [6, 6.07) is 17.5. The molecule has 0 aliphatic carbocycles. The Bertz CT molecular complexity index is 1250. The van der Waals surface area contributed by atoms with Crippen molar-refractivity contribution in [2.75, 3.05) is 23.6 Å². The third kappa shape index (κ3) is 6.12. The van der Waals surface area contributed by atoms with Crippen molar-refractivity contribution >= 4 is 44.8 Å². The van der Waals surface area contributed by atoms with Crippen LogP contribution in [0.15, 0.2) is 71.6 Å². The molecular weight excluding hydrogens is 462 g/mol. The molecule has 0 aromatic heterocycles. The summed E-state index contributed by atoms with van der Waals surface area (Å²) in [6.07, 6.45) is 0. The number of para-hydroxylation sites is 1. The number of sulfonamides is 1. The molecule has 2 amide bonds. The van der Waals surface area contributed by atoms with Gasteiger partial charge in [-0.1, -0.05) is 29.8 Å². The fourth-order valence-corrected chi connectivity index (χ4v) is 4.39. The Morgan fingerprint density at radius 2 is 1.48 bits per heavy atom. The van der Waals surface area contributed by atoms with E-state index in [1.54, 1.807) is 24.3 Å². The molecule has 0 spiro atoms. The maximum Gasteiger partial charge on any atom is 0.261 e. The molecule has 3 aromatic carbocycles. The van der Waals surface area contributed by atoms with Crippen LogP contribution in [0.5, 0.6) is 0 Å². The van der Waals surface area contributed by atoms with Gasteiger partial charge in [0.2, 0.25) is 5.91 Å². The van der Waals surface area contributed by atoms with E-state index in [4.69, 9.17) is 11.6 Å². The lowest BCUT2D eigenvalue weighted by Crippen LogP contribution is -2.35. The molecule has 0 aliphatic rings. The van der Waals surface area contributed by atoms with Crippen LogP contribution in [0.25, 0.3) is 0 Å². The predicted molar refractivity (Wildman–Crippen MR) is 130 cm³/mol. The molecule has 0 bridgehead atoms. The van der Waals surface area contributed by atoms with Crippen LogP contribution in [0.2, 0.25) is 5.02 Å². The van der Waals surface area contributed by atoms with Crippen LogP contribution in [0.3, 0.4) is 0 Å². The molecule has 2 N–H and O–H groups in total. The van der Waals surface area contributed by atoms with Crippen LogP contribution in [0, 0.1) is 13.8 Å². The summed E-state index contributed by atoms with van der Waals surface area (Å²) in [5.41, 5.74) is 3.23. The highest BCUT2D eigenvalue weighted by atomic mass is 35.5. The highest BCUT2D eigenvalue weighted by Gasteiger charge is 2.19. The van der Waals surface area contributed by atoms with Crippen LogP contribution in [-0.2, 0) is 14.8 Å². The summed E-state index contributed by atoms with van der Waals surface area (Å²) in [7, 11) is -2.32. The van der Waals surface area contributed by atoms with Gasteiger partial charge in [-0.25, -0.2) is 8.42 Å². The number of carbonyl (C=O) groups is 2. The molecule has 0 atom stereocenters. The van der Waals surface area contributed by atoms with Gasteiger partial charge in [0.15, 0.2) is 0 Å². The molecule has 0 aliphatic heterocycles. The number of hydrogen-bond donors (Lipinski definition) is 2. The van der Waals surface area contributed by atoms with Crippen molar-refractivity contribution < 1.29 is 18.0 Å². The van der Waals surface area contributed by atoms with Crippen molar-refractivity contribution in [1.82, 2.24) is 4.90 Å². The summed E-state index contributed by atoms with van der Waals surface area (Å²) >= 11 is 5.82. The average Bonchev–Trinajstić information content (AvgIpc) is 2.77. The molecule has 0 saturated heterocycles. The van der Waals surface area contributed by atoms with Gasteiger partial charge in [-0.05, 0) is 73.5 Å². The van der Waals surface area contributed by atoms with Crippen molar-refractivity contribution in [3.8, 4) is 0 Å². The minimum absolute atomic E-state index is 0.00410. The fraction of sp³-hybridized carbons (Fsp3) is 0.167. The van der Waals surface area contributed by atoms with Crippen LogP contribution in [0.1, 0.15) is 21.5 Å². The number of hydrogen-bond acceptors (Lipinski definition) is 4. The summed E-state index contributed by atoms with van der Waals surface area (Å²) in [5.74, 6) is -0.726. The second-order valence-corrected chi connectivity index (χ2v) is 9.73. The van der Waals surface area contributed by atoms with E-state index in [0.717, 1.165) is 16.8 Å². The van der Waals surface area contributed by atoms with Gasteiger partial charge in [0.05, 0.1) is 11.4 Å². The van der Waals surface area contributed by atoms with Crippen molar-refractivity contribution in [3.05, 3.63) is 88.4 Å². The van der Waals surface area contributed by atoms with Crippen molar-refractivity contribution in [1.29, 1.82) is 0 Å². The molecule has 3 aromatic rings. The van der Waals surface area contributed by atoms with Crippen molar-refractivity contribution in [2.45, 2.75) is 18.7 Å². The predicted octanol–water partition coefficient (Wildman–Crippen LogP) is 4.47. The third-order valence-electron chi connectivity index (χ3n) is 4.98.